The third-order valence-corrected chi connectivity index (χ3v) is 11.5. The van der Waals surface area contributed by atoms with Crippen LogP contribution in [0.25, 0.3) is 43.7 Å². The molecule has 5 aromatic rings. The summed E-state index contributed by atoms with van der Waals surface area (Å²) in [5.74, 6) is -1.25. The Morgan fingerprint density at radius 2 is 1.93 bits per heavy atom. The second-order valence-corrected chi connectivity index (χ2v) is 16.2. The predicted octanol–water partition coefficient (Wildman–Crippen LogP) is 7.94. The van der Waals surface area contributed by atoms with Crippen LogP contribution < -0.4 is 9.47 Å². The lowest BCUT2D eigenvalue weighted by Gasteiger charge is -2.38. The van der Waals surface area contributed by atoms with Gasteiger partial charge in [0.25, 0.3) is 0 Å². The molecule has 0 radical (unpaired) electrons. The number of methoxy groups -OCH3 is 1. The highest BCUT2D eigenvalue weighted by atomic mass is 19.1. The van der Waals surface area contributed by atoms with Crippen LogP contribution in [0.15, 0.2) is 48.7 Å². The van der Waals surface area contributed by atoms with Gasteiger partial charge in [-0.25, -0.2) is 19.0 Å². The van der Waals surface area contributed by atoms with Gasteiger partial charge in [-0.15, -0.1) is 0 Å². The number of ether oxygens (including phenoxy) is 4. The molecule has 1 aliphatic carbocycles. The summed E-state index contributed by atoms with van der Waals surface area (Å²) in [4.78, 5) is 35.2. The number of aryl methyl sites for hydroxylation is 1. The number of carboxylic acid groups (broad SMARTS) is 1. The SMILES string of the molecule is COCOc1cc(-c2c(CCC#N)cc3c(nc(OC[C@@H]4CCCN4C)c4c(C(=O)O)cn(C5C6CC5N(C(=O)OC(C)(C)C)C6)c43)c2F)c2ccccc2c1. The average Bonchev–Trinajstić information content (AvgIpc) is 3.95. The smallest absolute Gasteiger partial charge is 0.410 e. The molecule has 56 heavy (non-hydrogen) atoms. The number of halogens is 1. The van der Waals surface area contributed by atoms with Gasteiger partial charge in [-0.1, -0.05) is 24.3 Å². The zero-order valence-electron chi connectivity index (χ0n) is 32.3. The number of likely N-dealkylation sites (N-methyl/N-ethyl adjacent to an activating group) is 1. The van der Waals surface area contributed by atoms with Crippen molar-refractivity contribution in [3.05, 3.63) is 65.6 Å². The number of nitriles is 1. The van der Waals surface area contributed by atoms with Gasteiger partial charge in [-0.05, 0) is 100 Å². The van der Waals surface area contributed by atoms with Gasteiger partial charge in [0.2, 0.25) is 5.88 Å². The van der Waals surface area contributed by atoms with Gasteiger partial charge < -0.3 is 38.4 Å². The van der Waals surface area contributed by atoms with Gasteiger partial charge in [-0.2, -0.15) is 5.26 Å². The van der Waals surface area contributed by atoms with Crippen LogP contribution >= 0.6 is 0 Å². The summed E-state index contributed by atoms with van der Waals surface area (Å²) in [5, 5.41) is 22.7. The Labute approximate surface area is 324 Å². The first-order chi connectivity index (χ1) is 26.9. The Kier molecular flexibility index (Phi) is 9.75. The molecule has 3 unspecified atom stereocenters. The second kappa shape index (κ2) is 14.6. The van der Waals surface area contributed by atoms with E-state index in [0.717, 1.165) is 36.6 Å². The Balaban J connectivity index is 1.38. The molecular weight excluding hydrogens is 717 g/mol. The van der Waals surface area contributed by atoms with Crippen LogP contribution in [0.2, 0.25) is 0 Å². The topological polar surface area (TPSA) is 139 Å². The van der Waals surface area contributed by atoms with Crippen LogP contribution in [0.4, 0.5) is 9.18 Å². The zero-order valence-corrected chi connectivity index (χ0v) is 32.3. The molecule has 5 heterocycles. The van der Waals surface area contributed by atoms with Crippen LogP contribution in [0, 0.1) is 23.1 Å². The van der Waals surface area contributed by atoms with E-state index in [1.165, 1.54) is 7.11 Å². The molecule has 4 atom stereocenters. The standard InChI is InChI=1S/C43H46FN5O7/c1-43(2,3)56-42(52)48-20-26-18-33(48)38(26)49-21-32(41(50)51)35-39(49)31-17-25(11-8-14-45)34(30-19-28(55-23-53-5)16-24-10-6-7-13-29(24)30)36(44)37(31)46-40(35)54-22-27-12-9-15-47(27)4/h6-7,10,13,16-17,19,21,26-27,33,38H,8-9,11-12,15,18,20,22-23H2,1-5H3,(H,50,51)/t26?,27-,33?,38?/m0/s1. The molecule has 1 saturated carbocycles. The Hall–Kier alpha value is -5.45. The van der Waals surface area contributed by atoms with Gasteiger partial charge in [0.15, 0.2) is 12.6 Å². The van der Waals surface area contributed by atoms with Crippen molar-refractivity contribution in [1.82, 2.24) is 19.4 Å². The molecule has 0 spiro atoms. The molecule has 1 amide bonds. The number of hydrogen-bond acceptors (Lipinski definition) is 9. The Morgan fingerprint density at radius 1 is 1.12 bits per heavy atom. The lowest BCUT2D eigenvalue weighted by atomic mass is 9.79. The van der Waals surface area contributed by atoms with E-state index in [9.17, 15) is 20.0 Å². The molecule has 3 aliphatic heterocycles. The fourth-order valence-corrected chi connectivity index (χ4v) is 8.93. The van der Waals surface area contributed by atoms with Crippen molar-refractivity contribution in [2.24, 2.45) is 5.92 Å². The van der Waals surface area contributed by atoms with E-state index in [0.29, 0.717) is 34.3 Å². The third kappa shape index (κ3) is 6.54. The molecule has 2 bridgehead atoms. The first-order valence-corrected chi connectivity index (χ1v) is 19.2. The molecule has 12 nitrogen and oxygen atoms in total. The van der Waals surface area contributed by atoms with Gasteiger partial charge in [0.05, 0.1) is 34.6 Å². The quantitative estimate of drug-likeness (QED) is 0.132. The van der Waals surface area contributed by atoms with Gasteiger partial charge in [0.1, 0.15) is 23.5 Å². The molecule has 4 aliphatic rings. The lowest BCUT2D eigenvalue weighted by Crippen LogP contribution is -2.44. The number of nitrogens with zero attached hydrogens (tertiary/aromatic N) is 5. The minimum absolute atomic E-state index is 0.00684. The molecule has 292 valence electrons. The number of pyridine rings is 1. The highest BCUT2D eigenvalue weighted by molar-refractivity contribution is 6.15. The van der Waals surface area contributed by atoms with Crippen molar-refractivity contribution in [3.63, 3.8) is 0 Å². The summed E-state index contributed by atoms with van der Waals surface area (Å²) in [6, 6.07) is 14.9. The van der Waals surface area contributed by atoms with Crippen LogP contribution in [-0.4, -0.2) is 94.9 Å². The van der Waals surface area contributed by atoms with Gasteiger partial charge in [-0.3, -0.25) is 0 Å². The fourth-order valence-electron chi connectivity index (χ4n) is 8.93. The van der Waals surface area contributed by atoms with E-state index in [1.807, 2.05) is 68.8 Å². The summed E-state index contributed by atoms with van der Waals surface area (Å²) < 4.78 is 43.1. The van der Waals surface area contributed by atoms with Crippen molar-refractivity contribution in [3.8, 4) is 28.8 Å². The third-order valence-electron chi connectivity index (χ3n) is 11.5. The molecule has 4 fully saturated rings. The largest absolute Gasteiger partial charge is 0.478 e. The summed E-state index contributed by atoms with van der Waals surface area (Å²) in [7, 11) is 3.55. The number of hydrogen-bond donors (Lipinski definition) is 1. The van der Waals surface area contributed by atoms with E-state index < -0.39 is 23.5 Å². The Morgan fingerprint density at radius 3 is 2.64 bits per heavy atom. The summed E-state index contributed by atoms with van der Waals surface area (Å²) in [6.07, 6.45) is 4.14. The number of carbonyl (C=O) groups is 2. The fraction of sp³-hybridized carbons (Fsp3) is 0.442. The van der Waals surface area contributed by atoms with E-state index in [4.69, 9.17) is 23.9 Å². The number of amides is 1. The van der Waals surface area contributed by atoms with E-state index in [2.05, 4.69) is 11.0 Å². The van der Waals surface area contributed by atoms with Gasteiger partial charge in [0, 0.05) is 49.2 Å². The molecule has 13 heteroatoms. The maximum atomic E-state index is 17.9. The van der Waals surface area contributed by atoms with E-state index in [1.54, 1.807) is 17.2 Å². The summed E-state index contributed by atoms with van der Waals surface area (Å²) in [6.45, 7) is 7.07. The average molecular weight is 764 g/mol. The van der Waals surface area contributed by atoms with Crippen LogP contribution in [0.3, 0.4) is 0 Å². The molecule has 3 saturated heterocycles. The maximum Gasteiger partial charge on any atom is 0.410 e. The highest BCUT2D eigenvalue weighted by Gasteiger charge is 2.56. The summed E-state index contributed by atoms with van der Waals surface area (Å²) >= 11 is 0. The van der Waals surface area contributed by atoms with E-state index >= 15 is 4.39 Å². The van der Waals surface area contributed by atoms with Crippen LogP contribution in [-0.2, 0) is 15.9 Å². The number of carbonyl (C=O) groups excluding carboxylic acids is 1. The van der Waals surface area contributed by atoms with E-state index in [-0.39, 0.29) is 78.2 Å². The molecular formula is C43H46FN5O7. The molecule has 3 aromatic carbocycles. The normalized spacial score (nSPS) is 20.8. The van der Waals surface area contributed by atoms with Crippen LogP contribution in [0.5, 0.6) is 11.6 Å². The zero-order chi connectivity index (χ0) is 39.5. The van der Waals surface area contributed by atoms with Crippen molar-refractivity contribution in [1.29, 1.82) is 5.26 Å². The minimum Gasteiger partial charge on any atom is -0.478 e. The number of aromatic carboxylic acids is 1. The number of likely N-dealkylation sites (tertiary alicyclic amines) is 1. The first-order valence-electron chi connectivity index (χ1n) is 19.2. The first kappa shape index (κ1) is 37.5. The number of aromatic nitrogens is 2. The second-order valence-electron chi connectivity index (χ2n) is 16.2. The Bertz CT molecular complexity index is 2420. The minimum atomic E-state index is -1.17. The number of fused-ring (bicyclic) bond motifs is 5. The van der Waals surface area contributed by atoms with Crippen molar-refractivity contribution < 1.29 is 38.0 Å². The van der Waals surface area contributed by atoms with Crippen molar-refractivity contribution >= 4 is 44.6 Å². The summed E-state index contributed by atoms with van der Waals surface area (Å²) in [5.41, 5.74) is 1.18. The molecule has 9 rings (SSSR count). The van der Waals surface area contributed by atoms with Gasteiger partial charge >= 0.3 is 12.1 Å². The highest BCUT2D eigenvalue weighted by Crippen LogP contribution is 2.53. The van der Waals surface area contributed by atoms with Crippen LogP contribution in [0.1, 0.15) is 68.4 Å². The predicted molar refractivity (Wildman–Crippen MR) is 209 cm³/mol. The monoisotopic (exact) mass is 763 g/mol. The lowest BCUT2D eigenvalue weighted by molar-refractivity contribution is 0.0210. The van der Waals surface area contributed by atoms with Crippen molar-refractivity contribution in [2.45, 2.75) is 76.6 Å². The van der Waals surface area contributed by atoms with Crippen molar-refractivity contribution in [2.75, 3.05) is 40.6 Å². The number of carboxylic acids is 1. The molecule has 1 N–H and O–H groups in total. The number of rotatable bonds is 11. The molecule has 2 aromatic heterocycles. The maximum absolute atomic E-state index is 17.9. The number of benzene rings is 3.